The Bertz CT molecular complexity index is 1070. The highest BCUT2D eigenvalue weighted by molar-refractivity contribution is 5.84. The maximum atomic E-state index is 12.8. The summed E-state index contributed by atoms with van der Waals surface area (Å²) in [6.07, 6.45) is -0.307. The van der Waals surface area contributed by atoms with Gasteiger partial charge in [-0.3, -0.25) is 9.59 Å². The van der Waals surface area contributed by atoms with Crippen molar-refractivity contribution in [1.82, 2.24) is 10.2 Å². The number of carboxylic acids is 1. The van der Waals surface area contributed by atoms with Gasteiger partial charge in [0.05, 0.1) is 6.10 Å². The molecule has 0 bridgehead atoms. The third kappa shape index (κ3) is 4.14. The van der Waals surface area contributed by atoms with Gasteiger partial charge >= 0.3 is 12.1 Å². The van der Waals surface area contributed by atoms with E-state index in [4.69, 9.17) is 9.47 Å². The van der Waals surface area contributed by atoms with Gasteiger partial charge in [0.25, 0.3) is 0 Å². The molecule has 8 heteroatoms. The van der Waals surface area contributed by atoms with Gasteiger partial charge in [-0.25, -0.2) is 4.79 Å². The third-order valence-electron chi connectivity index (χ3n) is 7.29. The summed E-state index contributed by atoms with van der Waals surface area (Å²) in [6.45, 7) is 1.05. The highest BCUT2D eigenvalue weighted by Crippen LogP contribution is 2.44. The van der Waals surface area contributed by atoms with E-state index in [-0.39, 0.29) is 43.4 Å². The van der Waals surface area contributed by atoms with Crippen LogP contribution in [0.25, 0.3) is 11.1 Å². The number of methoxy groups -OCH3 is 1. The predicted octanol–water partition coefficient (Wildman–Crippen LogP) is 2.72. The van der Waals surface area contributed by atoms with Crippen molar-refractivity contribution in [3.63, 3.8) is 0 Å². The second-order valence-corrected chi connectivity index (χ2v) is 9.27. The first kappa shape index (κ1) is 22.4. The van der Waals surface area contributed by atoms with Crippen molar-refractivity contribution in [1.29, 1.82) is 0 Å². The lowest BCUT2D eigenvalue weighted by Crippen LogP contribution is -2.33. The Kier molecular flexibility index (Phi) is 6.00. The van der Waals surface area contributed by atoms with Gasteiger partial charge in [0, 0.05) is 38.6 Å². The Hall–Kier alpha value is -3.39. The van der Waals surface area contributed by atoms with E-state index in [1.54, 1.807) is 4.90 Å². The van der Waals surface area contributed by atoms with Crippen molar-refractivity contribution in [2.75, 3.05) is 33.4 Å². The number of carbonyl (C=O) groups is 3. The van der Waals surface area contributed by atoms with Crippen molar-refractivity contribution in [2.24, 2.45) is 17.8 Å². The van der Waals surface area contributed by atoms with E-state index >= 15 is 0 Å². The van der Waals surface area contributed by atoms with Crippen LogP contribution in [-0.2, 0) is 19.1 Å². The third-order valence-corrected chi connectivity index (χ3v) is 7.29. The fraction of sp³-hybridized carbons (Fsp3) is 0.423. The first-order valence-corrected chi connectivity index (χ1v) is 11.6. The zero-order chi connectivity index (χ0) is 23.8. The van der Waals surface area contributed by atoms with Crippen LogP contribution in [0, 0.1) is 17.8 Å². The van der Waals surface area contributed by atoms with Gasteiger partial charge in [0.2, 0.25) is 5.91 Å². The topological polar surface area (TPSA) is 105 Å². The molecule has 0 spiro atoms. The van der Waals surface area contributed by atoms with Crippen LogP contribution in [0.1, 0.15) is 23.5 Å². The van der Waals surface area contributed by atoms with E-state index in [9.17, 15) is 19.5 Å². The summed E-state index contributed by atoms with van der Waals surface area (Å²) in [5, 5.41) is 12.1. The van der Waals surface area contributed by atoms with Crippen LogP contribution in [-0.4, -0.2) is 67.4 Å². The van der Waals surface area contributed by atoms with Gasteiger partial charge < -0.3 is 24.8 Å². The van der Waals surface area contributed by atoms with Gasteiger partial charge in [0.15, 0.2) is 0 Å². The molecule has 8 nitrogen and oxygen atoms in total. The SMILES string of the molecule is COC1CN(C(=O)[C@@H]2C[C@@H]2CNC(=O)OCC2c3ccccc3-c3ccccc32)CC1C(=O)O. The van der Waals surface area contributed by atoms with E-state index in [1.807, 2.05) is 24.3 Å². The molecule has 2 aromatic rings. The number of benzene rings is 2. The summed E-state index contributed by atoms with van der Waals surface area (Å²) in [5.74, 6) is -1.88. The monoisotopic (exact) mass is 464 g/mol. The minimum absolute atomic E-state index is 0.000482. The van der Waals surface area contributed by atoms with E-state index in [1.165, 1.54) is 18.2 Å². The maximum Gasteiger partial charge on any atom is 0.407 e. The predicted molar refractivity (Wildman–Crippen MR) is 123 cm³/mol. The molecule has 2 fully saturated rings. The summed E-state index contributed by atoms with van der Waals surface area (Å²) in [6, 6.07) is 16.3. The zero-order valence-corrected chi connectivity index (χ0v) is 19.0. The highest BCUT2D eigenvalue weighted by atomic mass is 16.5. The molecule has 1 saturated carbocycles. The molecule has 2 aromatic carbocycles. The van der Waals surface area contributed by atoms with E-state index in [0.29, 0.717) is 13.0 Å². The highest BCUT2D eigenvalue weighted by Gasteiger charge is 2.48. The number of ether oxygens (including phenoxy) is 2. The number of nitrogens with zero attached hydrogens (tertiary/aromatic N) is 1. The smallest absolute Gasteiger partial charge is 0.407 e. The number of hydrogen-bond acceptors (Lipinski definition) is 5. The van der Waals surface area contributed by atoms with Crippen molar-refractivity contribution in [3.05, 3.63) is 59.7 Å². The van der Waals surface area contributed by atoms with Crippen LogP contribution in [0.5, 0.6) is 0 Å². The largest absolute Gasteiger partial charge is 0.481 e. The summed E-state index contributed by atoms with van der Waals surface area (Å²) < 4.78 is 10.8. The number of likely N-dealkylation sites (tertiary alicyclic amines) is 1. The molecule has 1 heterocycles. The van der Waals surface area contributed by atoms with Gasteiger partial charge in [-0.1, -0.05) is 48.5 Å². The Labute approximate surface area is 197 Å². The second kappa shape index (κ2) is 9.10. The van der Waals surface area contributed by atoms with Crippen molar-refractivity contribution >= 4 is 18.0 Å². The average Bonchev–Trinajstić information content (AvgIpc) is 3.37. The molecule has 0 radical (unpaired) electrons. The van der Waals surface area contributed by atoms with Crippen molar-refractivity contribution < 1.29 is 29.0 Å². The number of amides is 2. The molecule has 178 valence electrons. The zero-order valence-electron chi connectivity index (χ0n) is 19.0. The minimum atomic E-state index is -0.952. The number of aliphatic carboxylic acids is 1. The van der Waals surface area contributed by atoms with Crippen molar-refractivity contribution in [3.8, 4) is 11.1 Å². The fourth-order valence-corrected chi connectivity index (χ4v) is 5.30. The van der Waals surface area contributed by atoms with Gasteiger partial charge in [-0.2, -0.15) is 0 Å². The van der Waals surface area contributed by atoms with Gasteiger partial charge in [-0.15, -0.1) is 0 Å². The lowest BCUT2D eigenvalue weighted by molar-refractivity contribution is -0.144. The van der Waals surface area contributed by atoms with Crippen LogP contribution in [0.15, 0.2) is 48.5 Å². The number of rotatable bonds is 7. The standard InChI is InChI=1S/C26H28N2O6/c1-33-23-13-28(12-21(23)25(30)31)24(29)20-10-15(20)11-27-26(32)34-14-22-18-8-4-2-6-16(18)17-7-3-5-9-19(17)22/h2-9,15,20-23H,10-14H2,1H3,(H,27,32)(H,30,31)/t15-,20-,21?,23?/m1/s1. The first-order valence-electron chi connectivity index (χ1n) is 11.6. The molecular formula is C26H28N2O6. The number of carboxylic acid groups (broad SMARTS) is 1. The summed E-state index contributed by atoms with van der Waals surface area (Å²) in [7, 11) is 1.47. The van der Waals surface area contributed by atoms with Gasteiger partial charge in [0.1, 0.15) is 12.5 Å². The number of fused-ring (bicyclic) bond motifs is 3. The summed E-state index contributed by atoms with van der Waals surface area (Å²) in [4.78, 5) is 38.1. The van der Waals surface area contributed by atoms with E-state index in [2.05, 4.69) is 29.6 Å². The van der Waals surface area contributed by atoms with Crippen LogP contribution in [0.3, 0.4) is 0 Å². The number of nitrogens with one attached hydrogen (secondary N) is 1. The molecule has 3 aliphatic rings. The molecule has 2 amide bonds. The van der Waals surface area contributed by atoms with Crippen molar-refractivity contribution in [2.45, 2.75) is 18.4 Å². The van der Waals surface area contributed by atoms with E-state index in [0.717, 1.165) is 11.1 Å². The van der Waals surface area contributed by atoms with Crippen LogP contribution in [0.4, 0.5) is 4.79 Å². The van der Waals surface area contributed by atoms with E-state index < -0.39 is 24.1 Å². The average molecular weight is 465 g/mol. The molecule has 2 aliphatic carbocycles. The normalized spacial score (nSPS) is 24.9. The molecule has 34 heavy (non-hydrogen) atoms. The van der Waals surface area contributed by atoms with Crippen LogP contribution >= 0.6 is 0 Å². The molecular weight excluding hydrogens is 436 g/mol. The number of carbonyl (C=O) groups excluding carboxylic acids is 2. The lowest BCUT2D eigenvalue weighted by Gasteiger charge is -2.16. The Morgan fingerprint density at radius 2 is 1.65 bits per heavy atom. The quantitative estimate of drug-likeness (QED) is 0.653. The second-order valence-electron chi connectivity index (χ2n) is 9.27. The molecule has 0 aromatic heterocycles. The Morgan fingerprint density at radius 1 is 1.00 bits per heavy atom. The minimum Gasteiger partial charge on any atom is -0.481 e. The van der Waals surface area contributed by atoms with Crippen LogP contribution in [0.2, 0.25) is 0 Å². The maximum absolute atomic E-state index is 12.8. The lowest BCUT2D eigenvalue weighted by atomic mass is 9.98. The molecule has 2 N–H and O–H groups in total. The summed E-state index contributed by atoms with van der Waals surface area (Å²) >= 11 is 0. The molecule has 4 atom stereocenters. The van der Waals surface area contributed by atoms with Crippen LogP contribution < -0.4 is 5.32 Å². The number of alkyl carbamates (subject to hydrolysis) is 1. The Balaban J connectivity index is 1.10. The Morgan fingerprint density at radius 3 is 2.24 bits per heavy atom. The molecule has 1 aliphatic heterocycles. The fourth-order valence-electron chi connectivity index (χ4n) is 5.30. The number of hydrogen-bond donors (Lipinski definition) is 2. The molecule has 2 unspecified atom stereocenters. The first-order chi connectivity index (χ1) is 16.5. The van der Waals surface area contributed by atoms with Gasteiger partial charge in [-0.05, 0) is 34.6 Å². The molecule has 1 saturated heterocycles. The molecule has 5 rings (SSSR count). The summed E-state index contributed by atoms with van der Waals surface area (Å²) in [5.41, 5.74) is 4.66.